The maximum absolute atomic E-state index is 10.6. The number of nitrogens with one attached hydrogen (secondary N) is 2. The topological polar surface area (TPSA) is 74.2 Å². The molecule has 0 unspecified atom stereocenters. The van der Waals surface area contributed by atoms with Crippen molar-refractivity contribution < 1.29 is 10.0 Å². The Balaban J connectivity index is 2.13. The number of aromatic nitrogens is 1. The van der Waals surface area contributed by atoms with E-state index < -0.39 is 0 Å². The molecule has 0 radical (unpaired) electrons. The number of hydrogen-bond acceptors (Lipinski definition) is 4. The van der Waals surface area contributed by atoms with E-state index in [2.05, 4.69) is 10.3 Å². The average molecular weight is 195 g/mol. The second-order valence-electron chi connectivity index (χ2n) is 2.78. The van der Waals surface area contributed by atoms with Gasteiger partial charge in [-0.3, -0.25) is 10.0 Å². The molecule has 5 nitrogen and oxygen atoms in total. The van der Waals surface area contributed by atoms with Crippen LogP contribution in [0.3, 0.4) is 0 Å². The third-order valence-corrected chi connectivity index (χ3v) is 1.68. The highest BCUT2D eigenvalue weighted by Gasteiger charge is 1.97. The third-order valence-electron chi connectivity index (χ3n) is 1.68. The fourth-order valence-corrected chi connectivity index (χ4v) is 0.989. The quantitative estimate of drug-likeness (QED) is 0.369. The van der Waals surface area contributed by atoms with E-state index in [0.29, 0.717) is 19.4 Å². The number of amides is 1. The highest BCUT2D eigenvalue weighted by atomic mass is 16.5. The zero-order valence-electron chi connectivity index (χ0n) is 7.73. The van der Waals surface area contributed by atoms with Crippen molar-refractivity contribution in [2.75, 3.05) is 11.9 Å². The van der Waals surface area contributed by atoms with Crippen molar-refractivity contribution in [3.8, 4) is 0 Å². The van der Waals surface area contributed by atoms with E-state index in [4.69, 9.17) is 5.21 Å². The van der Waals surface area contributed by atoms with Crippen LogP contribution in [-0.4, -0.2) is 22.6 Å². The van der Waals surface area contributed by atoms with E-state index in [1.54, 1.807) is 11.7 Å². The molecule has 1 heterocycles. The first kappa shape index (κ1) is 10.5. The Labute approximate surface area is 82.1 Å². The van der Waals surface area contributed by atoms with Gasteiger partial charge < -0.3 is 5.32 Å². The lowest BCUT2D eigenvalue weighted by Crippen LogP contribution is -2.19. The molecule has 1 aromatic heterocycles. The summed E-state index contributed by atoms with van der Waals surface area (Å²) in [5.41, 5.74) is 1.58. The van der Waals surface area contributed by atoms with E-state index >= 15 is 0 Å². The number of hydrogen-bond donors (Lipinski definition) is 3. The molecule has 0 aromatic carbocycles. The SMILES string of the molecule is O=C(CCCNc1ccccn1)NO. The number of carbonyl (C=O) groups is 1. The molecule has 0 bridgehead atoms. The molecule has 14 heavy (non-hydrogen) atoms. The largest absolute Gasteiger partial charge is 0.370 e. The van der Waals surface area contributed by atoms with Crippen molar-refractivity contribution in [2.45, 2.75) is 12.8 Å². The lowest BCUT2D eigenvalue weighted by Gasteiger charge is -2.03. The molecule has 0 spiro atoms. The van der Waals surface area contributed by atoms with Crippen LogP contribution in [0.1, 0.15) is 12.8 Å². The molecule has 76 valence electrons. The maximum atomic E-state index is 10.6. The molecule has 0 atom stereocenters. The van der Waals surface area contributed by atoms with Crippen LogP contribution in [0.15, 0.2) is 24.4 Å². The molecular formula is C9H13N3O2. The number of nitrogens with zero attached hydrogens (tertiary/aromatic N) is 1. The van der Waals surface area contributed by atoms with Gasteiger partial charge in [-0.1, -0.05) is 6.07 Å². The van der Waals surface area contributed by atoms with Crippen LogP contribution in [0, 0.1) is 0 Å². The zero-order chi connectivity index (χ0) is 10.2. The minimum Gasteiger partial charge on any atom is -0.370 e. The van der Waals surface area contributed by atoms with Gasteiger partial charge in [0.1, 0.15) is 5.82 Å². The Morgan fingerprint density at radius 2 is 2.36 bits per heavy atom. The van der Waals surface area contributed by atoms with Crippen molar-refractivity contribution in [2.24, 2.45) is 0 Å². The summed E-state index contributed by atoms with van der Waals surface area (Å²) in [6.45, 7) is 0.657. The summed E-state index contributed by atoms with van der Waals surface area (Å²) in [6, 6.07) is 5.58. The predicted octanol–water partition coefficient (Wildman–Crippen LogP) is 0.779. The van der Waals surface area contributed by atoms with Gasteiger partial charge in [-0.2, -0.15) is 0 Å². The van der Waals surface area contributed by atoms with Gasteiger partial charge in [0.15, 0.2) is 0 Å². The third kappa shape index (κ3) is 3.86. The molecule has 1 amide bonds. The fraction of sp³-hybridized carbons (Fsp3) is 0.333. The molecule has 1 rings (SSSR count). The molecular weight excluding hydrogens is 182 g/mol. The van der Waals surface area contributed by atoms with Crippen LogP contribution in [0.2, 0.25) is 0 Å². The monoisotopic (exact) mass is 195 g/mol. The Kier molecular flexibility index (Phi) is 4.43. The Hall–Kier alpha value is -1.62. The van der Waals surface area contributed by atoms with Crippen LogP contribution in [0.4, 0.5) is 5.82 Å². The summed E-state index contributed by atoms with van der Waals surface area (Å²) in [5.74, 6) is 0.421. The molecule has 5 heteroatoms. The van der Waals surface area contributed by atoms with Crippen molar-refractivity contribution in [3.05, 3.63) is 24.4 Å². The summed E-state index contributed by atoms with van der Waals surface area (Å²) in [7, 11) is 0. The van der Waals surface area contributed by atoms with Gasteiger partial charge in [-0.05, 0) is 18.6 Å². The highest BCUT2D eigenvalue weighted by Crippen LogP contribution is 2.00. The van der Waals surface area contributed by atoms with Gasteiger partial charge in [0.2, 0.25) is 5.91 Å². The van der Waals surface area contributed by atoms with E-state index in [9.17, 15) is 4.79 Å². The summed E-state index contributed by atoms with van der Waals surface area (Å²) in [6.07, 6.45) is 2.65. The van der Waals surface area contributed by atoms with E-state index in [1.165, 1.54) is 0 Å². The van der Waals surface area contributed by atoms with Gasteiger partial charge in [0.05, 0.1) is 0 Å². The molecule has 0 fully saturated rings. The normalized spacial score (nSPS) is 9.50. The standard InChI is InChI=1S/C9H13N3O2/c13-9(12-14)5-3-7-11-8-4-1-2-6-10-8/h1-2,4,6,14H,3,5,7H2,(H,10,11)(H,12,13). The second kappa shape index (κ2) is 5.93. The number of carbonyl (C=O) groups excluding carboxylic acids is 1. The smallest absolute Gasteiger partial charge is 0.243 e. The molecule has 0 saturated heterocycles. The van der Waals surface area contributed by atoms with Crippen molar-refractivity contribution >= 4 is 11.7 Å². The lowest BCUT2D eigenvalue weighted by atomic mass is 10.3. The summed E-state index contributed by atoms with van der Waals surface area (Å²) >= 11 is 0. The predicted molar refractivity (Wildman–Crippen MR) is 51.9 cm³/mol. The van der Waals surface area contributed by atoms with Crippen molar-refractivity contribution in [3.63, 3.8) is 0 Å². The first-order valence-electron chi connectivity index (χ1n) is 4.41. The zero-order valence-corrected chi connectivity index (χ0v) is 7.73. The average Bonchev–Trinajstić information content (AvgIpc) is 2.25. The number of anilines is 1. The fourth-order valence-electron chi connectivity index (χ4n) is 0.989. The van der Waals surface area contributed by atoms with Gasteiger partial charge in [0, 0.05) is 19.2 Å². The highest BCUT2D eigenvalue weighted by molar-refractivity contribution is 5.74. The maximum Gasteiger partial charge on any atom is 0.243 e. The first-order valence-corrected chi connectivity index (χ1v) is 4.41. The number of pyridine rings is 1. The summed E-state index contributed by atoms with van der Waals surface area (Å²) in [4.78, 5) is 14.7. The number of rotatable bonds is 5. The first-order chi connectivity index (χ1) is 6.83. The molecule has 0 aliphatic heterocycles. The van der Waals surface area contributed by atoms with E-state index in [1.807, 2.05) is 18.2 Å². The molecule has 3 N–H and O–H groups in total. The number of hydroxylamine groups is 1. The summed E-state index contributed by atoms with van der Waals surface area (Å²) < 4.78 is 0. The van der Waals surface area contributed by atoms with E-state index in [0.717, 1.165) is 5.82 Å². The Morgan fingerprint density at radius 3 is 3.00 bits per heavy atom. The van der Waals surface area contributed by atoms with Gasteiger partial charge in [-0.25, -0.2) is 10.5 Å². The minimum atomic E-state index is -0.368. The van der Waals surface area contributed by atoms with Gasteiger partial charge >= 0.3 is 0 Å². The van der Waals surface area contributed by atoms with Crippen LogP contribution in [0.5, 0.6) is 0 Å². The molecule has 0 aliphatic carbocycles. The van der Waals surface area contributed by atoms with Crippen molar-refractivity contribution in [1.82, 2.24) is 10.5 Å². The molecule has 0 saturated carbocycles. The van der Waals surface area contributed by atoms with Gasteiger partial charge in [-0.15, -0.1) is 0 Å². The molecule has 0 aliphatic rings. The van der Waals surface area contributed by atoms with Crippen LogP contribution in [-0.2, 0) is 4.79 Å². The lowest BCUT2D eigenvalue weighted by molar-refractivity contribution is -0.129. The van der Waals surface area contributed by atoms with E-state index in [-0.39, 0.29) is 5.91 Å². The van der Waals surface area contributed by atoms with Crippen LogP contribution < -0.4 is 10.8 Å². The molecule has 1 aromatic rings. The second-order valence-corrected chi connectivity index (χ2v) is 2.78. The van der Waals surface area contributed by atoms with Gasteiger partial charge in [0.25, 0.3) is 0 Å². The van der Waals surface area contributed by atoms with Crippen molar-refractivity contribution in [1.29, 1.82) is 0 Å². The minimum absolute atomic E-state index is 0.302. The summed E-state index contributed by atoms with van der Waals surface area (Å²) in [5, 5.41) is 11.3. The Bertz CT molecular complexity index is 277. The Morgan fingerprint density at radius 1 is 1.50 bits per heavy atom. The van der Waals surface area contributed by atoms with Crippen LogP contribution in [0.25, 0.3) is 0 Å². The van der Waals surface area contributed by atoms with Crippen LogP contribution >= 0.6 is 0 Å².